The summed E-state index contributed by atoms with van der Waals surface area (Å²) in [6.07, 6.45) is 7.66. The second-order valence-electron chi connectivity index (χ2n) is 7.55. The summed E-state index contributed by atoms with van der Waals surface area (Å²) in [6, 6.07) is 7.54. The average Bonchev–Trinajstić information content (AvgIpc) is 3.34. The zero-order valence-corrected chi connectivity index (χ0v) is 16.0. The maximum absolute atomic E-state index is 13.0. The van der Waals surface area contributed by atoms with Gasteiger partial charge in [0.05, 0.1) is 6.26 Å². The molecule has 1 aliphatic rings. The monoisotopic (exact) mass is 366 g/mol. The van der Waals surface area contributed by atoms with Crippen LogP contribution in [0.1, 0.15) is 34.9 Å². The van der Waals surface area contributed by atoms with E-state index in [9.17, 15) is 4.79 Å². The summed E-state index contributed by atoms with van der Waals surface area (Å²) < 4.78 is 7.61. The van der Waals surface area contributed by atoms with Gasteiger partial charge < -0.3 is 18.8 Å². The summed E-state index contributed by atoms with van der Waals surface area (Å²) in [5.41, 5.74) is 1.53. The molecule has 3 aromatic rings. The minimum Gasteiger partial charge on any atom is -0.464 e. The maximum atomic E-state index is 13.0. The van der Waals surface area contributed by atoms with Crippen molar-refractivity contribution in [3.05, 3.63) is 54.3 Å². The lowest BCUT2D eigenvalue weighted by atomic mass is 9.96. The molecular weight excluding hydrogens is 340 g/mol. The fourth-order valence-electron chi connectivity index (χ4n) is 3.83. The number of aromatic nitrogens is 2. The normalized spacial score (nSPS) is 17.7. The molecule has 2 aromatic heterocycles. The molecule has 1 unspecified atom stereocenters. The molecule has 1 amide bonds. The quantitative estimate of drug-likeness (QED) is 0.696. The summed E-state index contributed by atoms with van der Waals surface area (Å²) in [4.78, 5) is 21.8. The number of likely N-dealkylation sites (N-methyl/N-ethyl adjacent to an activating group) is 1. The Bertz CT molecular complexity index is 927. The Kier molecular flexibility index (Phi) is 4.99. The van der Waals surface area contributed by atoms with Crippen LogP contribution >= 0.6 is 0 Å². The van der Waals surface area contributed by atoms with Crippen molar-refractivity contribution >= 4 is 16.9 Å². The number of likely N-dealkylation sites (tertiary alicyclic amines) is 1. The van der Waals surface area contributed by atoms with Gasteiger partial charge in [-0.1, -0.05) is 0 Å². The Balaban J connectivity index is 1.49. The number of carbonyl (C=O) groups excluding carboxylic acids is 1. The van der Waals surface area contributed by atoms with Gasteiger partial charge in [0.25, 0.3) is 5.91 Å². The van der Waals surface area contributed by atoms with Crippen molar-refractivity contribution in [1.29, 1.82) is 0 Å². The van der Waals surface area contributed by atoms with Gasteiger partial charge >= 0.3 is 0 Å². The summed E-state index contributed by atoms with van der Waals surface area (Å²) in [5.74, 6) is 1.48. The molecule has 1 saturated heterocycles. The first-order valence-electron chi connectivity index (χ1n) is 9.54. The molecule has 4 rings (SSSR count). The van der Waals surface area contributed by atoms with Gasteiger partial charge in [-0.3, -0.25) is 4.79 Å². The van der Waals surface area contributed by atoms with Gasteiger partial charge in [0.2, 0.25) is 0 Å². The van der Waals surface area contributed by atoms with Crippen molar-refractivity contribution in [1.82, 2.24) is 19.4 Å². The fraction of sp³-hybridized carbons (Fsp3) is 0.429. The standard InChI is InChI=1S/C21H26N4O2/c1-23(2)11-12-24-10-8-22-20(24)18-4-3-9-25(15-18)21(26)17-5-6-19-16(14-17)7-13-27-19/h5-8,10,13-14,18H,3-4,9,11-12,15H2,1-2H3. The third-order valence-corrected chi connectivity index (χ3v) is 5.31. The zero-order chi connectivity index (χ0) is 18.8. The van der Waals surface area contributed by atoms with Crippen molar-refractivity contribution in [2.45, 2.75) is 25.3 Å². The van der Waals surface area contributed by atoms with E-state index < -0.39 is 0 Å². The third kappa shape index (κ3) is 3.76. The number of nitrogens with zero attached hydrogens (tertiary/aromatic N) is 4. The Morgan fingerprint density at radius 2 is 2.22 bits per heavy atom. The average molecular weight is 366 g/mol. The molecule has 6 heteroatoms. The van der Waals surface area contributed by atoms with Crippen LogP contribution in [-0.2, 0) is 6.54 Å². The molecule has 6 nitrogen and oxygen atoms in total. The predicted octanol–water partition coefficient (Wildman–Crippen LogP) is 3.21. The first-order chi connectivity index (χ1) is 13.1. The molecule has 0 saturated carbocycles. The van der Waals surface area contributed by atoms with Gasteiger partial charge in [-0.25, -0.2) is 4.98 Å². The highest BCUT2D eigenvalue weighted by Crippen LogP contribution is 2.27. The molecule has 142 valence electrons. The minimum atomic E-state index is 0.0918. The number of carbonyl (C=O) groups is 1. The van der Waals surface area contributed by atoms with Gasteiger partial charge in [0.15, 0.2) is 0 Å². The van der Waals surface area contributed by atoms with E-state index in [4.69, 9.17) is 4.42 Å². The molecule has 1 aromatic carbocycles. The molecule has 1 atom stereocenters. The molecule has 0 aliphatic carbocycles. The van der Waals surface area contributed by atoms with Gasteiger partial charge in [0, 0.05) is 55.4 Å². The number of imidazole rings is 1. The van der Waals surface area contributed by atoms with Crippen molar-refractivity contribution < 1.29 is 9.21 Å². The number of fused-ring (bicyclic) bond motifs is 1. The van der Waals surface area contributed by atoms with Gasteiger partial charge in [-0.05, 0) is 51.2 Å². The lowest BCUT2D eigenvalue weighted by Gasteiger charge is -2.33. The van der Waals surface area contributed by atoms with Crippen molar-refractivity contribution in [3.8, 4) is 0 Å². The topological polar surface area (TPSA) is 54.5 Å². The minimum absolute atomic E-state index is 0.0918. The SMILES string of the molecule is CN(C)CCn1ccnc1C1CCCN(C(=O)c2ccc3occc3c2)C1. The first kappa shape index (κ1) is 17.8. The van der Waals surface area contributed by atoms with Gasteiger partial charge in [0.1, 0.15) is 11.4 Å². The van der Waals surface area contributed by atoms with E-state index >= 15 is 0 Å². The molecule has 27 heavy (non-hydrogen) atoms. The van der Waals surface area contributed by atoms with Gasteiger partial charge in [-0.2, -0.15) is 0 Å². The Morgan fingerprint density at radius 1 is 1.33 bits per heavy atom. The summed E-state index contributed by atoms with van der Waals surface area (Å²) in [7, 11) is 4.16. The van der Waals surface area contributed by atoms with E-state index in [-0.39, 0.29) is 11.8 Å². The number of amides is 1. The smallest absolute Gasteiger partial charge is 0.253 e. The van der Waals surface area contributed by atoms with Gasteiger partial charge in [-0.15, -0.1) is 0 Å². The van der Waals surface area contributed by atoms with E-state index in [1.54, 1.807) is 6.26 Å². The molecule has 3 heterocycles. The van der Waals surface area contributed by atoms with E-state index in [1.807, 2.05) is 41.6 Å². The van der Waals surface area contributed by atoms with Crippen LogP contribution in [-0.4, -0.2) is 59.0 Å². The highest BCUT2D eigenvalue weighted by molar-refractivity contribution is 5.97. The zero-order valence-electron chi connectivity index (χ0n) is 16.0. The van der Waals surface area contributed by atoms with Crippen LogP contribution in [0.4, 0.5) is 0 Å². The van der Waals surface area contributed by atoms with Crippen LogP contribution in [0.5, 0.6) is 0 Å². The number of piperidine rings is 1. The van der Waals surface area contributed by atoms with Crippen molar-refractivity contribution in [2.24, 2.45) is 0 Å². The third-order valence-electron chi connectivity index (χ3n) is 5.31. The molecular formula is C21H26N4O2. The second kappa shape index (κ2) is 7.56. The number of hydrogen-bond donors (Lipinski definition) is 0. The molecule has 0 radical (unpaired) electrons. The summed E-state index contributed by atoms with van der Waals surface area (Å²) in [6.45, 7) is 3.42. The van der Waals surface area contributed by atoms with Crippen LogP contribution in [0.15, 0.2) is 47.3 Å². The van der Waals surface area contributed by atoms with Crippen molar-refractivity contribution in [3.63, 3.8) is 0 Å². The van der Waals surface area contributed by atoms with Crippen LogP contribution in [0.2, 0.25) is 0 Å². The lowest BCUT2D eigenvalue weighted by Crippen LogP contribution is -2.39. The number of rotatable bonds is 5. The van der Waals surface area contributed by atoms with E-state index in [0.29, 0.717) is 0 Å². The van der Waals surface area contributed by atoms with Crippen LogP contribution in [0, 0.1) is 0 Å². The highest BCUT2D eigenvalue weighted by Gasteiger charge is 2.28. The predicted molar refractivity (Wildman–Crippen MR) is 105 cm³/mol. The Labute approximate surface area is 159 Å². The van der Waals surface area contributed by atoms with E-state index in [2.05, 4.69) is 28.5 Å². The highest BCUT2D eigenvalue weighted by atomic mass is 16.3. The largest absolute Gasteiger partial charge is 0.464 e. The maximum Gasteiger partial charge on any atom is 0.253 e. The number of benzene rings is 1. The molecule has 1 aliphatic heterocycles. The summed E-state index contributed by atoms with van der Waals surface area (Å²) in [5, 5.41) is 0.966. The van der Waals surface area contributed by atoms with E-state index in [0.717, 1.165) is 61.4 Å². The molecule has 0 bridgehead atoms. The Morgan fingerprint density at radius 3 is 3.07 bits per heavy atom. The molecule has 0 N–H and O–H groups in total. The fourth-order valence-corrected chi connectivity index (χ4v) is 3.83. The molecule has 1 fully saturated rings. The number of furan rings is 1. The Hall–Kier alpha value is -2.60. The van der Waals surface area contributed by atoms with Crippen LogP contribution in [0.25, 0.3) is 11.0 Å². The lowest BCUT2D eigenvalue weighted by molar-refractivity contribution is 0.0703. The van der Waals surface area contributed by atoms with Crippen LogP contribution in [0.3, 0.4) is 0 Å². The van der Waals surface area contributed by atoms with Crippen LogP contribution < -0.4 is 0 Å². The second-order valence-corrected chi connectivity index (χ2v) is 7.55. The van der Waals surface area contributed by atoms with E-state index in [1.165, 1.54) is 0 Å². The summed E-state index contributed by atoms with van der Waals surface area (Å²) >= 11 is 0. The first-order valence-corrected chi connectivity index (χ1v) is 9.54. The van der Waals surface area contributed by atoms with Crippen molar-refractivity contribution in [2.75, 3.05) is 33.7 Å². The molecule has 0 spiro atoms. The number of hydrogen-bond acceptors (Lipinski definition) is 4.